The molecular formula is C10H17NO2. The van der Waals surface area contributed by atoms with Crippen molar-refractivity contribution in [3.63, 3.8) is 0 Å². The summed E-state index contributed by atoms with van der Waals surface area (Å²) < 4.78 is 5.38. The van der Waals surface area contributed by atoms with Gasteiger partial charge in [0.1, 0.15) is 6.10 Å². The second-order valence-electron chi connectivity index (χ2n) is 4.15. The van der Waals surface area contributed by atoms with Crippen LogP contribution in [0.2, 0.25) is 0 Å². The number of nitrogens with one attached hydrogen (secondary N) is 1. The van der Waals surface area contributed by atoms with Crippen molar-refractivity contribution in [1.29, 1.82) is 0 Å². The molecule has 0 aromatic heterocycles. The third-order valence-electron chi connectivity index (χ3n) is 3.43. The maximum atomic E-state index is 11.1. The first kappa shape index (κ1) is 8.85. The summed E-state index contributed by atoms with van der Waals surface area (Å²) in [5, 5.41) is 2.52. The number of hydrogen-bond acceptors (Lipinski definition) is 2. The van der Waals surface area contributed by atoms with Gasteiger partial charge in [0.2, 0.25) is 0 Å². The highest BCUT2D eigenvalue weighted by atomic mass is 16.6. The molecule has 0 aromatic rings. The normalized spacial score (nSPS) is 37.2. The molecule has 2 unspecified atom stereocenters. The van der Waals surface area contributed by atoms with Gasteiger partial charge in [-0.2, -0.15) is 0 Å². The minimum absolute atomic E-state index is 0.216. The number of alkyl carbamates (subject to hydrolysis) is 1. The molecule has 3 nitrogen and oxygen atoms in total. The van der Waals surface area contributed by atoms with Crippen LogP contribution in [0.5, 0.6) is 0 Å². The Bertz CT molecular complexity index is 189. The van der Waals surface area contributed by atoms with Crippen molar-refractivity contribution in [2.45, 2.75) is 38.2 Å². The van der Waals surface area contributed by atoms with E-state index >= 15 is 0 Å². The van der Waals surface area contributed by atoms with Crippen molar-refractivity contribution in [1.82, 2.24) is 5.32 Å². The average Bonchev–Trinajstić information content (AvgIpc) is 2.41. The lowest BCUT2D eigenvalue weighted by atomic mass is 9.86. The van der Waals surface area contributed by atoms with E-state index < -0.39 is 0 Å². The van der Waals surface area contributed by atoms with Crippen molar-refractivity contribution in [2.24, 2.45) is 11.8 Å². The summed E-state index contributed by atoms with van der Waals surface area (Å²) in [6.07, 6.45) is 6.29. The van der Waals surface area contributed by atoms with Gasteiger partial charge in [0.05, 0.1) is 0 Å². The van der Waals surface area contributed by atoms with Gasteiger partial charge in [0.15, 0.2) is 0 Å². The number of ether oxygens (including phenoxy) is 1. The molecule has 2 atom stereocenters. The Morgan fingerprint density at radius 1 is 1.23 bits per heavy atom. The van der Waals surface area contributed by atoms with E-state index in [9.17, 15) is 4.79 Å². The Morgan fingerprint density at radius 3 is 2.38 bits per heavy atom. The summed E-state index contributed by atoms with van der Waals surface area (Å²) >= 11 is 0. The van der Waals surface area contributed by atoms with Gasteiger partial charge in [-0.1, -0.05) is 6.42 Å². The maximum Gasteiger partial charge on any atom is 0.407 e. The van der Waals surface area contributed by atoms with Gasteiger partial charge in [-0.05, 0) is 37.5 Å². The van der Waals surface area contributed by atoms with E-state index in [4.69, 9.17) is 4.74 Å². The van der Waals surface area contributed by atoms with Crippen LogP contribution in [-0.2, 0) is 4.74 Å². The summed E-state index contributed by atoms with van der Waals surface area (Å²) in [4.78, 5) is 11.1. The van der Waals surface area contributed by atoms with E-state index in [1.807, 2.05) is 0 Å². The number of carbonyl (C=O) groups excluding carboxylic acids is 1. The summed E-state index contributed by atoms with van der Waals surface area (Å²) in [5.74, 6) is 1.30. The van der Waals surface area contributed by atoms with Crippen LogP contribution in [0, 0.1) is 11.8 Å². The molecular weight excluding hydrogens is 166 g/mol. The number of amides is 1. The molecule has 0 spiro atoms. The fraction of sp³-hybridized carbons (Fsp3) is 0.900. The fourth-order valence-electron chi connectivity index (χ4n) is 2.78. The lowest BCUT2D eigenvalue weighted by Crippen LogP contribution is -2.34. The third-order valence-corrected chi connectivity index (χ3v) is 3.43. The van der Waals surface area contributed by atoms with E-state index in [0.717, 1.165) is 0 Å². The van der Waals surface area contributed by atoms with Gasteiger partial charge in [-0.15, -0.1) is 0 Å². The van der Waals surface area contributed by atoms with E-state index in [1.165, 1.54) is 32.1 Å². The monoisotopic (exact) mass is 183 g/mol. The van der Waals surface area contributed by atoms with Gasteiger partial charge in [-0.3, -0.25) is 0 Å². The predicted molar refractivity (Wildman–Crippen MR) is 49.4 cm³/mol. The molecule has 2 fully saturated rings. The quantitative estimate of drug-likeness (QED) is 0.674. The van der Waals surface area contributed by atoms with Gasteiger partial charge in [0, 0.05) is 7.05 Å². The Hall–Kier alpha value is -0.730. The molecule has 13 heavy (non-hydrogen) atoms. The zero-order valence-electron chi connectivity index (χ0n) is 8.08. The van der Waals surface area contributed by atoms with Crippen LogP contribution < -0.4 is 5.32 Å². The average molecular weight is 183 g/mol. The van der Waals surface area contributed by atoms with Crippen LogP contribution >= 0.6 is 0 Å². The van der Waals surface area contributed by atoms with Gasteiger partial charge in [0.25, 0.3) is 0 Å². The highest BCUT2D eigenvalue weighted by molar-refractivity contribution is 5.66. The summed E-state index contributed by atoms with van der Waals surface area (Å²) in [6, 6.07) is 0. The minimum Gasteiger partial charge on any atom is -0.446 e. The van der Waals surface area contributed by atoms with E-state index in [-0.39, 0.29) is 12.2 Å². The second-order valence-corrected chi connectivity index (χ2v) is 4.15. The summed E-state index contributed by atoms with van der Waals surface area (Å²) in [6.45, 7) is 0. The molecule has 2 bridgehead atoms. The minimum atomic E-state index is -0.260. The predicted octanol–water partition coefficient (Wildman–Crippen LogP) is 1.92. The van der Waals surface area contributed by atoms with Crippen LogP contribution in [0.15, 0.2) is 0 Å². The Labute approximate surface area is 78.8 Å². The molecule has 2 aliphatic rings. The first-order valence-corrected chi connectivity index (χ1v) is 5.19. The van der Waals surface area contributed by atoms with Crippen molar-refractivity contribution in [3.05, 3.63) is 0 Å². The summed E-state index contributed by atoms with van der Waals surface area (Å²) in [7, 11) is 1.62. The molecule has 0 radical (unpaired) electrons. The Kier molecular flexibility index (Phi) is 2.42. The number of hydrogen-bond donors (Lipinski definition) is 1. The first-order valence-electron chi connectivity index (χ1n) is 5.19. The lowest BCUT2D eigenvalue weighted by Gasteiger charge is -2.29. The highest BCUT2D eigenvalue weighted by Crippen LogP contribution is 2.43. The first-order chi connectivity index (χ1) is 6.31. The highest BCUT2D eigenvalue weighted by Gasteiger charge is 2.41. The van der Waals surface area contributed by atoms with Gasteiger partial charge < -0.3 is 10.1 Å². The van der Waals surface area contributed by atoms with Crippen LogP contribution in [0.3, 0.4) is 0 Å². The topological polar surface area (TPSA) is 38.3 Å². The molecule has 3 heteroatoms. The Morgan fingerprint density at radius 2 is 1.85 bits per heavy atom. The smallest absolute Gasteiger partial charge is 0.407 e. The molecule has 0 saturated heterocycles. The SMILES string of the molecule is CNC(=O)OC1C2CCCC1CC2. The maximum absolute atomic E-state index is 11.1. The fourth-order valence-corrected chi connectivity index (χ4v) is 2.78. The second kappa shape index (κ2) is 3.56. The van der Waals surface area contributed by atoms with Crippen molar-refractivity contribution >= 4 is 6.09 Å². The van der Waals surface area contributed by atoms with E-state index in [1.54, 1.807) is 7.05 Å². The largest absolute Gasteiger partial charge is 0.446 e. The molecule has 2 rings (SSSR count). The molecule has 0 aliphatic heterocycles. The van der Waals surface area contributed by atoms with Crippen molar-refractivity contribution in [3.8, 4) is 0 Å². The van der Waals surface area contributed by atoms with E-state index in [0.29, 0.717) is 11.8 Å². The zero-order valence-corrected chi connectivity index (χ0v) is 8.08. The number of fused-ring (bicyclic) bond motifs is 2. The molecule has 1 N–H and O–H groups in total. The molecule has 74 valence electrons. The standard InChI is InChI=1S/C10H17NO2/c1-11-10(12)13-9-7-3-2-4-8(9)6-5-7/h7-9H,2-6H2,1H3,(H,11,12). The van der Waals surface area contributed by atoms with Crippen LogP contribution in [0.25, 0.3) is 0 Å². The van der Waals surface area contributed by atoms with Crippen LogP contribution in [0.1, 0.15) is 32.1 Å². The number of rotatable bonds is 1. The third kappa shape index (κ3) is 1.64. The van der Waals surface area contributed by atoms with Gasteiger partial charge >= 0.3 is 6.09 Å². The molecule has 0 aromatic carbocycles. The van der Waals surface area contributed by atoms with Crippen LogP contribution in [-0.4, -0.2) is 19.2 Å². The Balaban J connectivity index is 1.95. The summed E-state index contributed by atoms with van der Waals surface area (Å²) in [5.41, 5.74) is 0. The van der Waals surface area contributed by atoms with E-state index in [2.05, 4.69) is 5.32 Å². The zero-order chi connectivity index (χ0) is 9.26. The molecule has 1 amide bonds. The van der Waals surface area contributed by atoms with Gasteiger partial charge in [-0.25, -0.2) is 4.79 Å². The van der Waals surface area contributed by atoms with Crippen LogP contribution in [0.4, 0.5) is 4.79 Å². The molecule has 2 saturated carbocycles. The lowest BCUT2D eigenvalue weighted by molar-refractivity contribution is 0.0310. The molecule has 2 aliphatic carbocycles. The van der Waals surface area contributed by atoms with Crippen molar-refractivity contribution in [2.75, 3.05) is 7.05 Å². The molecule has 0 heterocycles. The number of carbonyl (C=O) groups is 1. The van der Waals surface area contributed by atoms with Crippen molar-refractivity contribution < 1.29 is 9.53 Å².